The van der Waals surface area contributed by atoms with E-state index in [0.717, 1.165) is 10.1 Å². The van der Waals surface area contributed by atoms with Gasteiger partial charge in [-0.2, -0.15) is 18.2 Å². The van der Waals surface area contributed by atoms with E-state index in [1.807, 2.05) is 0 Å². The van der Waals surface area contributed by atoms with E-state index in [1.54, 1.807) is 39.0 Å². The lowest BCUT2D eigenvalue weighted by molar-refractivity contribution is -0.144. The zero-order valence-electron chi connectivity index (χ0n) is 16.3. The van der Waals surface area contributed by atoms with Crippen LogP contribution in [0.3, 0.4) is 0 Å². The monoisotopic (exact) mass is 459 g/mol. The second kappa shape index (κ2) is 8.39. The number of aromatic nitrogens is 4. The third-order valence-electron chi connectivity index (χ3n) is 4.71. The molecule has 0 radical (unpaired) electrons. The van der Waals surface area contributed by atoms with Gasteiger partial charge in [0.2, 0.25) is 5.91 Å². The number of fused-ring (bicyclic) bond motifs is 1. The fourth-order valence-electron chi connectivity index (χ4n) is 3.17. The third-order valence-corrected chi connectivity index (χ3v) is 5.27. The average Bonchev–Trinajstić information content (AvgIpc) is 3.05. The average molecular weight is 460 g/mol. The smallest absolute Gasteiger partial charge is 0.350 e. The number of nitrogens with one attached hydrogen (secondary N) is 1. The summed E-state index contributed by atoms with van der Waals surface area (Å²) in [7, 11) is 0. The summed E-state index contributed by atoms with van der Waals surface area (Å²) in [6.07, 6.45) is -4.26. The first-order valence-electron chi connectivity index (χ1n) is 9.01. The summed E-state index contributed by atoms with van der Waals surface area (Å²) in [6, 6.07) is 4.69. The first kappa shape index (κ1) is 22.3. The molecule has 1 N–H and O–H groups in total. The highest BCUT2D eigenvalue weighted by molar-refractivity contribution is 6.35. The van der Waals surface area contributed by atoms with Gasteiger partial charge in [0.15, 0.2) is 0 Å². The lowest BCUT2D eigenvalue weighted by atomic mass is 10.1. The van der Waals surface area contributed by atoms with Gasteiger partial charge in [-0.3, -0.25) is 4.79 Å². The van der Waals surface area contributed by atoms with Crippen LogP contribution in [0.5, 0.6) is 0 Å². The molecule has 160 valence electrons. The molecule has 0 spiro atoms. The highest BCUT2D eigenvalue weighted by Crippen LogP contribution is 2.28. The number of rotatable bonds is 5. The minimum Gasteiger partial charge on any atom is -0.350 e. The molecular weight excluding hydrogens is 442 g/mol. The van der Waals surface area contributed by atoms with Gasteiger partial charge in [0.1, 0.15) is 0 Å². The van der Waals surface area contributed by atoms with Crippen LogP contribution in [0.25, 0.3) is 5.78 Å². The molecule has 0 aliphatic carbocycles. The Morgan fingerprint density at radius 3 is 2.57 bits per heavy atom. The van der Waals surface area contributed by atoms with Crippen molar-refractivity contribution < 1.29 is 18.0 Å². The van der Waals surface area contributed by atoms with Crippen LogP contribution in [0.4, 0.5) is 13.2 Å². The Labute approximate surface area is 180 Å². The van der Waals surface area contributed by atoms with E-state index in [9.17, 15) is 18.0 Å². The molecule has 1 unspecified atom stereocenters. The molecular formula is C19H18Cl2F3N5O. The van der Waals surface area contributed by atoms with Gasteiger partial charge in [0.25, 0.3) is 11.6 Å². The Bertz CT molecular complexity index is 1110. The molecule has 11 heteroatoms. The molecule has 0 bridgehead atoms. The van der Waals surface area contributed by atoms with Gasteiger partial charge in [-0.05, 0) is 50.5 Å². The maximum Gasteiger partial charge on any atom is 0.453 e. The van der Waals surface area contributed by atoms with Gasteiger partial charge >= 0.3 is 6.18 Å². The van der Waals surface area contributed by atoms with Crippen LogP contribution in [0, 0.1) is 13.8 Å². The number of hydrogen-bond acceptors (Lipinski definition) is 4. The zero-order valence-corrected chi connectivity index (χ0v) is 17.8. The van der Waals surface area contributed by atoms with Crippen molar-refractivity contribution in [3.8, 4) is 0 Å². The van der Waals surface area contributed by atoms with Crippen LogP contribution in [0.2, 0.25) is 10.0 Å². The number of hydrogen-bond donors (Lipinski definition) is 1. The molecule has 1 aromatic carbocycles. The molecule has 1 atom stereocenters. The van der Waals surface area contributed by atoms with E-state index in [0.29, 0.717) is 27.0 Å². The highest BCUT2D eigenvalue weighted by Gasteiger charge is 2.37. The summed E-state index contributed by atoms with van der Waals surface area (Å²) in [6.45, 7) is 5.09. The molecule has 1 amide bonds. The number of aryl methyl sites for hydroxylation is 2. The van der Waals surface area contributed by atoms with Gasteiger partial charge in [-0.15, -0.1) is 5.10 Å². The quantitative estimate of drug-likeness (QED) is 0.590. The Morgan fingerprint density at radius 2 is 1.93 bits per heavy atom. The molecule has 0 saturated carbocycles. The Kier molecular flexibility index (Phi) is 6.24. The first-order chi connectivity index (χ1) is 14.0. The summed E-state index contributed by atoms with van der Waals surface area (Å²) in [5.41, 5.74) is 2.34. The third kappa shape index (κ3) is 4.67. The standard InChI is InChI=1S/C19H18Cl2F3N5O/c1-9-13(11(3)29-18(26-9)27-17(28-29)19(22,23)24)6-7-16(30)25-10(2)14-5-4-12(20)8-15(14)21/h4-5,8,10H,6-7H2,1-3H3,(H,25,30). The topological polar surface area (TPSA) is 72.2 Å². The molecule has 0 aliphatic rings. The number of carbonyl (C=O) groups excluding carboxylic acids is 1. The van der Waals surface area contributed by atoms with Crippen LogP contribution in [-0.2, 0) is 17.4 Å². The Hall–Kier alpha value is -2.39. The van der Waals surface area contributed by atoms with E-state index < -0.39 is 12.0 Å². The predicted octanol–water partition coefficient (Wildman–Crippen LogP) is 4.88. The number of nitrogens with zero attached hydrogens (tertiary/aromatic N) is 4. The molecule has 2 heterocycles. The maximum absolute atomic E-state index is 12.9. The van der Waals surface area contributed by atoms with E-state index in [1.165, 1.54) is 0 Å². The Balaban J connectivity index is 1.74. The van der Waals surface area contributed by atoms with Gasteiger partial charge in [-0.1, -0.05) is 29.3 Å². The molecule has 30 heavy (non-hydrogen) atoms. The van der Waals surface area contributed by atoms with E-state index in [4.69, 9.17) is 23.2 Å². The van der Waals surface area contributed by atoms with Crippen LogP contribution in [0.1, 0.15) is 47.7 Å². The normalized spacial score (nSPS) is 12.9. The van der Waals surface area contributed by atoms with Gasteiger partial charge < -0.3 is 5.32 Å². The van der Waals surface area contributed by atoms with Crippen LogP contribution in [-0.4, -0.2) is 25.5 Å². The van der Waals surface area contributed by atoms with Crippen LogP contribution >= 0.6 is 23.2 Å². The number of benzene rings is 1. The predicted molar refractivity (Wildman–Crippen MR) is 107 cm³/mol. The number of halogens is 5. The van der Waals surface area contributed by atoms with E-state index >= 15 is 0 Å². The number of amides is 1. The summed E-state index contributed by atoms with van der Waals surface area (Å²) in [4.78, 5) is 20.0. The molecule has 3 aromatic rings. The van der Waals surface area contributed by atoms with Crippen molar-refractivity contribution in [2.75, 3.05) is 0 Å². The van der Waals surface area contributed by atoms with Crippen molar-refractivity contribution in [2.45, 2.75) is 45.8 Å². The van der Waals surface area contributed by atoms with Crippen molar-refractivity contribution in [3.05, 3.63) is 56.6 Å². The van der Waals surface area contributed by atoms with E-state index in [2.05, 4.69) is 20.4 Å². The van der Waals surface area contributed by atoms with Crippen molar-refractivity contribution in [1.29, 1.82) is 0 Å². The zero-order chi connectivity index (χ0) is 22.2. The summed E-state index contributed by atoms with van der Waals surface area (Å²) in [5.74, 6) is -1.61. The summed E-state index contributed by atoms with van der Waals surface area (Å²) >= 11 is 12.1. The fraction of sp³-hybridized carbons (Fsp3) is 0.368. The van der Waals surface area contributed by atoms with Gasteiger partial charge in [0.05, 0.1) is 6.04 Å². The molecule has 0 saturated heterocycles. The fourth-order valence-corrected chi connectivity index (χ4v) is 3.75. The Morgan fingerprint density at radius 1 is 1.23 bits per heavy atom. The van der Waals surface area contributed by atoms with Gasteiger partial charge in [-0.25, -0.2) is 9.50 Å². The summed E-state index contributed by atoms with van der Waals surface area (Å²) < 4.78 is 39.7. The van der Waals surface area contributed by atoms with Crippen LogP contribution in [0.15, 0.2) is 18.2 Å². The first-order valence-corrected chi connectivity index (χ1v) is 9.77. The molecule has 0 aliphatic heterocycles. The SMILES string of the molecule is Cc1nc2nc(C(F)(F)F)nn2c(C)c1CCC(=O)NC(C)c1ccc(Cl)cc1Cl. The van der Waals surface area contributed by atoms with Crippen molar-refractivity contribution in [1.82, 2.24) is 24.9 Å². The minimum absolute atomic E-state index is 0.116. The lowest BCUT2D eigenvalue weighted by Gasteiger charge is -2.16. The summed E-state index contributed by atoms with van der Waals surface area (Å²) in [5, 5.41) is 7.31. The lowest BCUT2D eigenvalue weighted by Crippen LogP contribution is -2.27. The highest BCUT2D eigenvalue weighted by atomic mass is 35.5. The van der Waals surface area contributed by atoms with Crippen molar-refractivity contribution >= 4 is 34.9 Å². The van der Waals surface area contributed by atoms with Crippen molar-refractivity contribution in [3.63, 3.8) is 0 Å². The molecule has 2 aromatic heterocycles. The number of alkyl halides is 3. The van der Waals surface area contributed by atoms with E-state index in [-0.39, 0.29) is 30.6 Å². The minimum atomic E-state index is -4.66. The largest absolute Gasteiger partial charge is 0.453 e. The number of carbonyl (C=O) groups is 1. The van der Waals surface area contributed by atoms with Gasteiger partial charge in [0, 0.05) is 27.9 Å². The van der Waals surface area contributed by atoms with Crippen LogP contribution < -0.4 is 5.32 Å². The maximum atomic E-state index is 12.9. The molecule has 6 nitrogen and oxygen atoms in total. The molecule has 0 fully saturated rings. The second-order valence-electron chi connectivity index (χ2n) is 6.86. The second-order valence-corrected chi connectivity index (χ2v) is 7.70. The molecule has 3 rings (SSSR count). The van der Waals surface area contributed by atoms with Crippen molar-refractivity contribution in [2.24, 2.45) is 0 Å².